The van der Waals surface area contributed by atoms with E-state index in [9.17, 15) is 0 Å². The van der Waals surface area contributed by atoms with Gasteiger partial charge < -0.3 is 9.47 Å². The summed E-state index contributed by atoms with van der Waals surface area (Å²) < 4.78 is 9.39. The molecule has 0 saturated carbocycles. The summed E-state index contributed by atoms with van der Waals surface area (Å²) in [6.45, 7) is 0. The van der Waals surface area contributed by atoms with Crippen LogP contribution in [0.5, 0.6) is 0 Å². The van der Waals surface area contributed by atoms with Crippen molar-refractivity contribution in [3.63, 3.8) is 0 Å². The summed E-state index contributed by atoms with van der Waals surface area (Å²) in [5.74, 6) is 0. The van der Waals surface area contributed by atoms with Crippen molar-refractivity contribution in [3.05, 3.63) is 0 Å². The van der Waals surface area contributed by atoms with Crippen LogP contribution in [-0.2, 0) is 9.47 Å². The summed E-state index contributed by atoms with van der Waals surface area (Å²) in [7, 11) is 3.01. The summed E-state index contributed by atoms with van der Waals surface area (Å²) in [5, 5.41) is 8.09. The van der Waals surface area contributed by atoms with E-state index >= 15 is 0 Å². The zero-order valence-electron chi connectivity index (χ0n) is 5.05. The van der Waals surface area contributed by atoms with E-state index in [2.05, 4.69) is 0 Å². The van der Waals surface area contributed by atoms with Crippen molar-refractivity contribution >= 4 is 29.6 Å². The molecular weight excluding hydrogens is 129 g/mol. The Morgan fingerprint density at radius 2 is 1.89 bits per heavy atom. The summed E-state index contributed by atoms with van der Waals surface area (Å²) in [6, 6.07) is 1.92. The fourth-order valence-electron chi connectivity index (χ4n) is 0.337. The van der Waals surface area contributed by atoms with E-state index in [1.54, 1.807) is 0 Å². The SMILES string of the molecule is COC(CC#N)OC.[NaH]. The first-order valence-corrected chi connectivity index (χ1v) is 2.27. The first kappa shape index (κ1) is 12.1. The average molecular weight is 139 g/mol. The molecule has 0 aliphatic rings. The molecule has 3 nitrogen and oxygen atoms in total. The van der Waals surface area contributed by atoms with E-state index in [1.807, 2.05) is 6.07 Å². The maximum atomic E-state index is 8.09. The number of rotatable bonds is 3. The van der Waals surface area contributed by atoms with Crippen LogP contribution >= 0.6 is 0 Å². The van der Waals surface area contributed by atoms with Gasteiger partial charge in [-0.15, -0.1) is 0 Å². The molecule has 0 bridgehead atoms. The monoisotopic (exact) mass is 139 g/mol. The van der Waals surface area contributed by atoms with Crippen molar-refractivity contribution in [1.29, 1.82) is 5.26 Å². The number of nitriles is 1. The third-order valence-electron chi connectivity index (χ3n) is 0.784. The fraction of sp³-hybridized carbons (Fsp3) is 0.800. The number of ether oxygens (including phenoxy) is 2. The molecule has 0 saturated heterocycles. The molecule has 0 unspecified atom stereocenters. The average Bonchev–Trinajstić information content (AvgIpc) is 1.83. The van der Waals surface area contributed by atoms with Crippen molar-refractivity contribution in [2.24, 2.45) is 0 Å². The molecule has 0 amide bonds. The molecular formula is C5H10NNaO2. The molecule has 0 aromatic heterocycles. The fourth-order valence-corrected chi connectivity index (χ4v) is 0.337. The van der Waals surface area contributed by atoms with Gasteiger partial charge in [-0.1, -0.05) is 0 Å². The third kappa shape index (κ3) is 6.29. The van der Waals surface area contributed by atoms with E-state index < -0.39 is 0 Å². The van der Waals surface area contributed by atoms with Crippen molar-refractivity contribution in [1.82, 2.24) is 0 Å². The number of hydrogen-bond acceptors (Lipinski definition) is 3. The number of methoxy groups -OCH3 is 2. The molecule has 0 heterocycles. The molecule has 0 aromatic carbocycles. The first-order chi connectivity index (χ1) is 3.85. The van der Waals surface area contributed by atoms with Crippen LogP contribution in [0.4, 0.5) is 0 Å². The first-order valence-electron chi connectivity index (χ1n) is 2.27. The van der Waals surface area contributed by atoms with Crippen LogP contribution in [0.15, 0.2) is 0 Å². The molecule has 0 spiro atoms. The maximum absolute atomic E-state index is 8.09. The molecule has 4 heteroatoms. The predicted octanol–water partition coefficient (Wildman–Crippen LogP) is -0.130. The molecule has 0 fully saturated rings. The van der Waals surface area contributed by atoms with Crippen LogP contribution in [0.2, 0.25) is 0 Å². The quantitative estimate of drug-likeness (QED) is 0.404. The molecule has 48 valence electrons. The predicted molar refractivity (Wildman–Crippen MR) is 35.2 cm³/mol. The van der Waals surface area contributed by atoms with Gasteiger partial charge >= 0.3 is 29.6 Å². The van der Waals surface area contributed by atoms with Crippen molar-refractivity contribution < 1.29 is 9.47 Å². The Morgan fingerprint density at radius 3 is 2.00 bits per heavy atom. The van der Waals surface area contributed by atoms with Gasteiger partial charge in [0.25, 0.3) is 0 Å². The Labute approximate surface area is 77.2 Å². The zero-order valence-corrected chi connectivity index (χ0v) is 5.05. The van der Waals surface area contributed by atoms with Crippen molar-refractivity contribution in [2.75, 3.05) is 14.2 Å². The molecule has 0 atom stereocenters. The topological polar surface area (TPSA) is 42.2 Å². The second-order valence-electron chi connectivity index (χ2n) is 1.26. The molecule has 0 aliphatic carbocycles. The molecule has 0 radical (unpaired) electrons. The van der Waals surface area contributed by atoms with E-state index in [0.717, 1.165) is 0 Å². The Bertz CT molecular complexity index is 87.4. The summed E-state index contributed by atoms with van der Waals surface area (Å²) in [5.41, 5.74) is 0. The zero-order chi connectivity index (χ0) is 6.41. The van der Waals surface area contributed by atoms with Crippen molar-refractivity contribution in [2.45, 2.75) is 12.7 Å². The Morgan fingerprint density at radius 1 is 1.44 bits per heavy atom. The van der Waals surface area contributed by atoms with Gasteiger partial charge in [-0.2, -0.15) is 5.26 Å². The number of nitrogens with zero attached hydrogens (tertiary/aromatic N) is 1. The number of hydrogen-bond donors (Lipinski definition) is 0. The second kappa shape index (κ2) is 8.41. The normalized spacial score (nSPS) is 8.22. The van der Waals surface area contributed by atoms with Gasteiger partial charge in [-0.3, -0.25) is 0 Å². The molecule has 0 aromatic rings. The van der Waals surface area contributed by atoms with Crippen LogP contribution in [0.25, 0.3) is 0 Å². The van der Waals surface area contributed by atoms with Crippen LogP contribution in [0.1, 0.15) is 6.42 Å². The van der Waals surface area contributed by atoms with Gasteiger partial charge in [-0.25, -0.2) is 0 Å². The Kier molecular flexibility index (Phi) is 11.3. The minimum atomic E-state index is -0.361. The van der Waals surface area contributed by atoms with Crippen LogP contribution in [0, 0.1) is 11.3 Å². The molecule has 0 aliphatic heterocycles. The molecule has 0 N–H and O–H groups in total. The summed E-state index contributed by atoms with van der Waals surface area (Å²) in [4.78, 5) is 0. The van der Waals surface area contributed by atoms with Gasteiger partial charge in [-0.05, 0) is 0 Å². The van der Waals surface area contributed by atoms with Crippen LogP contribution < -0.4 is 0 Å². The standard InChI is InChI=1S/C5H9NO2.Na.H/c1-7-5(8-2)3-4-6;;/h5H,3H2,1-2H3;;. The molecule has 9 heavy (non-hydrogen) atoms. The summed E-state index contributed by atoms with van der Waals surface area (Å²) in [6.07, 6.45) is -0.0764. The van der Waals surface area contributed by atoms with Crippen molar-refractivity contribution in [3.8, 4) is 6.07 Å². The Balaban J connectivity index is 0. The van der Waals surface area contributed by atoms with Crippen LogP contribution in [0.3, 0.4) is 0 Å². The van der Waals surface area contributed by atoms with Gasteiger partial charge in [0, 0.05) is 14.2 Å². The van der Waals surface area contributed by atoms with Gasteiger partial charge in [0.05, 0.1) is 12.5 Å². The van der Waals surface area contributed by atoms with E-state index in [0.29, 0.717) is 0 Å². The van der Waals surface area contributed by atoms with Gasteiger partial charge in [0.2, 0.25) is 0 Å². The van der Waals surface area contributed by atoms with E-state index in [1.165, 1.54) is 14.2 Å². The van der Waals surface area contributed by atoms with E-state index in [-0.39, 0.29) is 42.3 Å². The van der Waals surface area contributed by atoms with Crippen LogP contribution in [-0.4, -0.2) is 50.1 Å². The van der Waals surface area contributed by atoms with E-state index in [4.69, 9.17) is 14.7 Å². The van der Waals surface area contributed by atoms with Gasteiger partial charge in [0.15, 0.2) is 6.29 Å². The molecule has 0 rings (SSSR count). The second-order valence-corrected chi connectivity index (χ2v) is 1.26. The Hall–Kier alpha value is 0.410. The minimum absolute atomic E-state index is 0. The summed E-state index contributed by atoms with van der Waals surface area (Å²) >= 11 is 0. The third-order valence-corrected chi connectivity index (χ3v) is 0.784. The van der Waals surface area contributed by atoms with Gasteiger partial charge in [0.1, 0.15) is 0 Å².